The molecule has 0 radical (unpaired) electrons. The molecular formula is C16H32N6. The minimum Gasteiger partial charge on any atom is -0.356 e. The Balaban J connectivity index is 2.26. The molecular weight excluding hydrogens is 276 g/mol. The van der Waals surface area contributed by atoms with E-state index in [0.717, 1.165) is 32.0 Å². The van der Waals surface area contributed by atoms with Crippen molar-refractivity contribution in [2.75, 3.05) is 34.2 Å². The number of nitrogens with zero attached hydrogens (tertiary/aromatic N) is 4. The lowest BCUT2D eigenvalue weighted by atomic mass is 10.0. The Kier molecular flexibility index (Phi) is 8.58. The third-order valence-electron chi connectivity index (χ3n) is 3.62. The van der Waals surface area contributed by atoms with E-state index in [1.165, 1.54) is 6.42 Å². The van der Waals surface area contributed by atoms with Crippen LogP contribution in [0.25, 0.3) is 0 Å². The Hall–Kier alpha value is -1.56. The largest absolute Gasteiger partial charge is 0.356 e. The van der Waals surface area contributed by atoms with Gasteiger partial charge in [0.1, 0.15) is 0 Å². The highest BCUT2D eigenvalue weighted by Crippen LogP contribution is 2.07. The third-order valence-corrected chi connectivity index (χ3v) is 3.62. The maximum Gasteiger partial charge on any atom is 0.191 e. The number of rotatable bonds is 9. The van der Waals surface area contributed by atoms with E-state index in [9.17, 15) is 0 Å². The fourth-order valence-corrected chi connectivity index (χ4v) is 2.34. The molecule has 22 heavy (non-hydrogen) atoms. The zero-order valence-electron chi connectivity index (χ0n) is 14.7. The summed E-state index contributed by atoms with van der Waals surface area (Å²) in [6, 6.07) is 2.46. The van der Waals surface area contributed by atoms with Crippen LogP contribution in [-0.2, 0) is 6.54 Å². The van der Waals surface area contributed by atoms with E-state index in [0.29, 0.717) is 12.0 Å². The second-order valence-electron chi connectivity index (χ2n) is 6.25. The van der Waals surface area contributed by atoms with Crippen molar-refractivity contribution in [3.8, 4) is 0 Å². The first-order valence-electron chi connectivity index (χ1n) is 8.11. The van der Waals surface area contributed by atoms with Gasteiger partial charge in [0.2, 0.25) is 0 Å². The zero-order chi connectivity index (χ0) is 16.4. The van der Waals surface area contributed by atoms with Gasteiger partial charge in [0, 0.05) is 45.1 Å². The van der Waals surface area contributed by atoms with Crippen LogP contribution in [0.4, 0.5) is 0 Å². The van der Waals surface area contributed by atoms with Crippen molar-refractivity contribution in [1.82, 2.24) is 25.3 Å². The van der Waals surface area contributed by atoms with Gasteiger partial charge in [-0.15, -0.1) is 0 Å². The van der Waals surface area contributed by atoms with Crippen LogP contribution >= 0.6 is 0 Å². The van der Waals surface area contributed by atoms with E-state index >= 15 is 0 Å². The number of aryl methyl sites for hydroxylation is 1. The molecule has 1 atom stereocenters. The monoisotopic (exact) mass is 308 g/mol. The van der Waals surface area contributed by atoms with Gasteiger partial charge in [-0.05, 0) is 38.9 Å². The molecule has 6 heteroatoms. The van der Waals surface area contributed by atoms with Gasteiger partial charge in [-0.25, -0.2) is 0 Å². The molecule has 1 aromatic heterocycles. The van der Waals surface area contributed by atoms with Crippen LogP contribution in [0, 0.1) is 5.92 Å². The van der Waals surface area contributed by atoms with Crippen LogP contribution in [0.3, 0.4) is 0 Å². The van der Waals surface area contributed by atoms with E-state index in [2.05, 4.69) is 53.6 Å². The fraction of sp³-hybridized carbons (Fsp3) is 0.750. The van der Waals surface area contributed by atoms with Crippen molar-refractivity contribution >= 4 is 5.96 Å². The summed E-state index contributed by atoms with van der Waals surface area (Å²) < 4.78 is 1.95. The lowest BCUT2D eigenvalue weighted by Crippen LogP contribution is -2.45. The summed E-state index contributed by atoms with van der Waals surface area (Å²) in [7, 11) is 6.08. The molecule has 0 fully saturated rings. The van der Waals surface area contributed by atoms with E-state index < -0.39 is 0 Å². The predicted octanol–water partition coefficient (Wildman–Crippen LogP) is 1.41. The second kappa shape index (κ2) is 10.2. The van der Waals surface area contributed by atoms with Crippen molar-refractivity contribution < 1.29 is 0 Å². The van der Waals surface area contributed by atoms with Crippen LogP contribution in [0.15, 0.2) is 23.5 Å². The summed E-state index contributed by atoms with van der Waals surface area (Å²) in [6.45, 7) is 7.24. The molecule has 0 amide bonds. The van der Waals surface area contributed by atoms with Crippen molar-refractivity contribution in [3.05, 3.63) is 18.5 Å². The third kappa shape index (κ3) is 7.45. The van der Waals surface area contributed by atoms with Crippen molar-refractivity contribution in [2.45, 2.75) is 39.3 Å². The van der Waals surface area contributed by atoms with Gasteiger partial charge in [0.25, 0.3) is 0 Å². The number of nitrogens with one attached hydrogen (secondary N) is 2. The maximum absolute atomic E-state index is 4.29. The fourth-order valence-electron chi connectivity index (χ4n) is 2.34. The molecule has 0 aliphatic heterocycles. The molecule has 1 heterocycles. The van der Waals surface area contributed by atoms with Gasteiger partial charge in [0.15, 0.2) is 5.96 Å². The highest BCUT2D eigenvalue weighted by Gasteiger charge is 2.13. The van der Waals surface area contributed by atoms with Gasteiger partial charge in [0.05, 0.1) is 0 Å². The van der Waals surface area contributed by atoms with Crippen LogP contribution in [-0.4, -0.2) is 60.9 Å². The summed E-state index contributed by atoms with van der Waals surface area (Å²) in [4.78, 5) is 6.56. The van der Waals surface area contributed by atoms with E-state index in [1.54, 1.807) is 0 Å². The summed E-state index contributed by atoms with van der Waals surface area (Å²) in [6.07, 6.45) is 5.99. The number of hydrogen-bond donors (Lipinski definition) is 2. The first-order valence-corrected chi connectivity index (χ1v) is 8.11. The summed E-state index contributed by atoms with van der Waals surface area (Å²) in [5, 5.41) is 11.0. The molecule has 0 aliphatic rings. The Labute approximate surface area is 135 Å². The highest BCUT2D eigenvalue weighted by molar-refractivity contribution is 5.79. The smallest absolute Gasteiger partial charge is 0.191 e. The summed E-state index contributed by atoms with van der Waals surface area (Å²) >= 11 is 0. The van der Waals surface area contributed by atoms with Gasteiger partial charge < -0.3 is 15.5 Å². The SMILES string of the molecule is CN=C(NCCCn1cccn1)NCC(CC(C)C)N(C)C. The van der Waals surface area contributed by atoms with E-state index in [4.69, 9.17) is 0 Å². The number of aromatic nitrogens is 2. The van der Waals surface area contributed by atoms with Gasteiger partial charge in [-0.3, -0.25) is 9.67 Å². The quantitative estimate of drug-likeness (QED) is 0.411. The summed E-state index contributed by atoms with van der Waals surface area (Å²) in [5.74, 6) is 1.56. The molecule has 126 valence electrons. The van der Waals surface area contributed by atoms with Crippen molar-refractivity contribution in [1.29, 1.82) is 0 Å². The lowest BCUT2D eigenvalue weighted by molar-refractivity contribution is 0.254. The Morgan fingerprint density at radius 1 is 1.32 bits per heavy atom. The minimum absolute atomic E-state index is 0.516. The minimum atomic E-state index is 0.516. The molecule has 0 bridgehead atoms. The van der Waals surface area contributed by atoms with Crippen molar-refractivity contribution in [2.24, 2.45) is 10.9 Å². The molecule has 0 saturated carbocycles. The Bertz CT molecular complexity index is 410. The Morgan fingerprint density at radius 3 is 2.64 bits per heavy atom. The van der Waals surface area contributed by atoms with Crippen LogP contribution < -0.4 is 10.6 Å². The zero-order valence-corrected chi connectivity index (χ0v) is 14.7. The first-order chi connectivity index (χ1) is 10.5. The van der Waals surface area contributed by atoms with E-state index in [1.807, 2.05) is 30.2 Å². The molecule has 0 aromatic carbocycles. The average molecular weight is 308 g/mol. The van der Waals surface area contributed by atoms with Gasteiger partial charge >= 0.3 is 0 Å². The highest BCUT2D eigenvalue weighted by atomic mass is 15.3. The predicted molar refractivity (Wildman–Crippen MR) is 93.1 cm³/mol. The Morgan fingerprint density at radius 2 is 2.09 bits per heavy atom. The van der Waals surface area contributed by atoms with Crippen molar-refractivity contribution in [3.63, 3.8) is 0 Å². The molecule has 6 nitrogen and oxygen atoms in total. The topological polar surface area (TPSA) is 57.5 Å². The lowest BCUT2D eigenvalue weighted by Gasteiger charge is -2.27. The van der Waals surface area contributed by atoms with Crippen LogP contribution in [0.5, 0.6) is 0 Å². The molecule has 1 unspecified atom stereocenters. The molecule has 0 saturated heterocycles. The molecule has 0 aliphatic carbocycles. The van der Waals surface area contributed by atoms with Gasteiger partial charge in [-0.2, -0.15) is 5.10 Å². The first kappa shape index (κ1) is 18.5. The standard InChI is InChI=1S/C16H32N6/c1-14(2)12-15(21(4)5)13-19-16(17-3)18-8-6-10-22-11-7-9-20-22/h7,9,11,14-15H,6,8,10,12-13H2,1-5H3,(H2,17,18,19). The molecule has 2 N–H and O–H groups in total. The molecule has 1 aromatic rings. The normalized spacial score (nSPS) is 13.7. The van der Waals surface area contributed by atoms with Crippen LogP contribution in [0.2, 0.25) is 0 Å². The molecule has 1 rings (SSSR count). The second-order valence-corrected chi connectivity index (χ2v) is 6.25. The number of hydrogen-bond acceptors (Lipinski definition) is 3. The van der Waals surface area contributed by atoms with E-state index in [-0.39, 0.29) is 0 Å². The van der Waals surface area contributed by atoms with Gasteiger partial charge in [-0.1, -0.05) is 13.8 Å². The van der Waals surface area contributed by atoms with Crippen LogP contribution in [0.1, 0.15) is 26.7 Å². The molecule has 0 spiro atoms. The summed E-state index contributed by atoms with van der Waals surface area (Å²) in [5.41, 5.74) is 0. The number of likely N-dealkylation sites (N-methyl/N-ethyl adjacent to an activating group) is 1. The number of guanidine groups is 1. The average Bonchev–Trinajstić information content (AvgIpc) is 2.97. The maximum atomic E-state index is 4.29. The number of aliphatic imine (C=N–C) groups is 1.